The molecule has 4 atom stereocenters. The first-order chi connectivity index (χ1) is 38.5. The number of methoxy groups -OCH3 is 2. The fourth-order valence-corrected chi connectivity index (χ4v) is 8.99. The van der Waals surface area contributed by atoms with Crippen LogP contribution in [0.5, 0.6) is 0 Å². The van der Waals surface area contributed by atoms with Crippen LogP contribution >= 0.6 is 23.2 Å². The number of hydroxylamine groups is 4. The molecule has 2 aromatic carbocycles. The molecule has 0 saturated carbocycles. The molecule has 0 aromatic heterocycles. The van der Waals surface area contributed by atoms with E-state index in [0.717, 1.165) is 52.3 Å². The standard InChI is InChI=1S/C52H62Cl2F6N4O18/c1-25(2)79-47(69)39-33(23-77-21-19-75-17-15-61)63(27(5)35(45(67)73-7)37(39)29-11-9-13-31(41(29)53)51(55,56)57)81-49(71)43(65)44(66)50(72)82-64-28(6)36(46(68)74-8)38(30-12-10-14-32(42(30)54)52(58,59)60)40(48(70)80-26(3)4)34(64)24-78-22-20-76-18-16-62/h9-14,25-26,37-38,49-50,71-72H,15-24,61-62H2,1-8H3. The number of nitrogens with zero attached hydrogens (tertiary/aromatic N) is 2. The molecule has 4 unspecified atom stereocenters. The van der Waals surface area contributed by atoms with Gasteiger partial charge in [0.25, 0.3) is 11.6 Å². The maximum atomic E-state index is 14.4. The zero-order valence-corrected chi connectivity index (χ0v) is 47.0. The van der Waals surface area contributed by atoms with Crippen LogP contribution in [0.4, 0.5) is 26.3 Å². The van der Waals surface area contributed by atoms with E-state index < -0.39 is 175 Å². The predicted molar refractivity (Wildman–Crippen MR) is 274 cm³/mol. The lowest BCUT2D eigenvalue weighted by atomic mass is 9.79. The first kappa shape index (κ1) is 68.5. The van der Waals surface area contributed by atoms with E-state index in [1.807, 2.05) is 0 Å². The van der Waals surface area contributed by atoms with Crippen molar-refractivity contribution in [2.24, 2.45) is 11.5 Å². The van der Waals surface area contributed by atoms with Crippen molar-refractivity contribution in [3.8, 4) is 0 Å². The van der Waals surface area contributed by atoms with Crippen LogP contribution in [-0.2, 0) is 88.7 Å². The molecule has 82 heavy (non-hydrogen) atoms. The average Bonchev–Trinajstić information content (AvgIpc) is 2.70. The Bertz CT molecular complexity index is 2620. The third-order valence-corrected chi connectivity index (χ3v) is 12.6. The van der Waals surface area contributed by atoms with Gasteiger partial charge in [0.2, 0.25) is 12.6 Å². The van der Waals surface area contributed by atoms with Gasteiger partial charge in [0.05, 0.1) is 157 Å². The smallest absolute Gasteiger partial charge is 0.417 e. The van der Waals surface area contributed by atoms with Gasteiger partial charge in [-0.25, -0.2) is 39.0 Å². The van der Waals surface area contributed by atoms with Gasteiger partial charge < -0.3 is 59.6 Å². The Hall–Kier alpha value is -6.02. The number of allylic oxidation sites excluding steroid dienone is 2. The number of Topliss-reactive ketones (excluding diaryl/α,β-unsaturated/α-hetero) is 2. The highest BCUT2D eigenvalue weighted by molar-refractivity contribution is 6.39. The van der Waals surface area contributed by atoms with Crippen LogP contribution in [-0.4, -0.2) is 161 Å². The van der Waals surface area contributed by atoms with E-state index in [4.69, 9.17) is 82.2 Å². The van der Waals surface area contributed by atoms with E-state index in [2.05, 4.69) is 0 Å². The zero-order valence-electron chi connectivity index (χ0n) is 45.5. The molecular weight excluding hydrogens is 1150 g/mol. The Morgan fingerprint density at radius 1 is 0.549 bits per heavy atom. The third-order valence-electron chi connectivity index (χ3n) is 11.7. The van der Waals surface area contributed by atoms with Crippen LogP contribution in [0.25, 0.3) is 0 Å². The topological polar surface area (TPSA) is 294 Å². The number of benzene rings is 2. The molecule has 0 spiro atoms. The second-order valence-corrected chi connectivity index (χ2v) is 18.8. The summed E-state index contributed by atoms with van der Waals surface area (Å²) in [6, 6.07) is 5.31. The molecular formula is C52H62Cl2F6N4O18. The highest BCUT2D eigenvalue weighted by atomic mass is 35.5. The number of aliphatic hydroxyl groups excluding tert-OH is 2. The highest BCUT2D eigenvalue weighted by Gasteiger charge is 2.49. The van der Waals surface area contributed by atoms with Gasteiger partial charge in [-0.05, 0) is 64.8 Å². The normalized spacial score (nSPS) is 17.0. The molecule has 22 nitrogen and oxygen atoms in total. The lowest BCUT2D eigenvalue weighted by molar-refractivity contribution is -0.242. The summed E-state index contributed by atoms with van der Waals surface area (Å²) in [4.78, 5) is 95.9. The Kier molecular flexibility index (Phi) is 25.5. The summed E-state index contributed by atoms with van der Waals surface area (Å²) in [6.45, 7) is 5.67. The number of carbonyl (C=O) groups is 6. The number of rotatable bonds is 29. The van der Waals surface area contributed by atoms with E-state index in [1.54, 1.807) is 0 Å². The van der Waals surface area contributed by atoms with Gasteiger partial charge in [0.15, 0.2) is 0 Å². The Balaban J connectivity index is 1.94. The molecule has 4 rings (SSSR count). The first-order valence-electron chi connectivity index (χ1n) is 24.8. The van der Waals surface area contributed by atoms with Crippen molar-refractivity contribution in [3.63, 3.8) is 0 Å². The van der Waals surface area contributed by atoms with Crippen LogP contribution in [0.3, 0.4) is 0 Å². The number of ether oxygens (including phenoxy) is 8. The summed E-state index contributed by atoms with van der Waals surface area (Å²) < 4.78 is 130. The van der Waals surface area contributed by atoms with Crippen molar-refractivity contribution in [2.45, 2.75) is 90.5 Å². The lowest BCUT2D eigenvalue weighted by Crippen LogP contribution is -2.47. The van der Waals surface area contributed by atoms with E-state index in [9.17, 15) is 65.3 Å². The van der Waals surface area contributed by atoms with Crippen LogP contribution in [0, 0.1) is 0 Å². The number of alkyl halides is 6. The van der Waals surface area contributed by atoms with Gasteiger partial charge in [0.1, 0.15) is 0 Å². The van der Waals surface area contributed by atoms with Crippen molar-refractivity contribution < 1.29 is 113 Å². The molecule has 0 aliphatic carbocycles. The third kappa shape index (κ3) is 16.6. The quantitative estimate of drug-likeness (QED) is 0.0196. The summed E-state index contributed by atoms with van der Waals surface area (Å²) in [7, 11) is 1.75. The highest BCUT2D eigenvalue weighted by Crippen LogP contribution is 2.50. The maximum Gasteiger partial charge on any atom is 0.417 e. The van der Waals surface area contributed by atoms with E-state index in [1.165, 1.54) is 27.7 Å². The summed E-state index contributed by atoms with van der Waals surface area (Å²) >= 11 is 12.9. The molecule has 0 fully saturated rings. The van der Waals surface area contributed by atoms with Crippen LogP contribution in [0.2, 0.25) is 10.0 Å². The summed E-state index contributed by atoms with van der Waals surface area (Å²) in [6.07, 6.45) is -18.2. The SMILES string of the molecule is COC(=O)C1=C(C)N(OC(O)C(=O)C(=O)C(O)ON2C(C)=C(C(=O)OC)C(c3cccc(C(F)(F)F)c3Cl)C(C(=O)OC(C)C)=C2COCCOCCN)C(COCCOCCN)=C(C(=O)OC(C)C)C1c1cccc(C(F)(F)F)c1Cl. The largest absolute Gasteiger partial charge is 0.466 e. The minimum Gasteiger partial charge on any atom is -0.466 e. The van der Waals surface area contributed by atoms with Gasteiger partial charge in [-0.2, -0.15) is 26.3 Å². The van der Waals surface area contributed by atoms with Crippen molar-refractivity contribution in [1.29, 1.82) is 0 Å². The average molecular weight is 1220 g/mol. The predicted octanol–water partition coefficient (Wildman–Crippen LogP) is 5.46. The van der Waals surface area contributed by atoms with Gasteiger partial charge in [-0.15, -0.1) is 0 Å². The number of hydrogen-bond donors (Lipinski definition) is 4. The number of halogens is 8. The second-order valence-electron chi connectivity index (χ2n) is 18.0. The monoisotopic (exact) mass is 1210 g/mol. The van der Waals surface area contributed by atoms with Crippen molar-refractivity contribution in [3.05, 3.63) is 114 Å². The van der Waals surface area contributed by atoms with Crippen molar-refractivity contribution >= 4 is 58.6 Å². The molecule has 0 saturated heterocycles. The number of aliphatic hydroxyl groups is 2. The molecule has 2 aliphatic rings. The molecule has 6 N–H and O–H groups in total. The minimum absolute atomic E-state index is 0.0726. The Morgan fingerprint density at radius 2 is 0.878 bits per heavy atom. The molecule has 0 radical (unpaired) electrons. The molecule has 0 amide bonds. The number of ketones is 2. The maximum absolute atomic E-state index is 14.4. The summed E-state index contributed by atoms with van der Waals surface area (Å²) in [5, 5.41) is 22.1. The molecule has 454 valence electrons. The van der Waals surface area contributed by atoms with Crippen LogP contribution < -0.4 is 11.5 Å². The van der Waals surface area contributed by atoms with Crippen LogP contribution in [0.1, 0.15) is 75.6 Å². The molecule has 30 heteroatoms. The van der Waals surface area contributed by atoms with E-state index >= 15 is 0 Å². The lowest BCUT2D eigenvalue weighted by Gasteiger charge is -2.39. The Labute approximate surface area is 476 Å². The molecule has 2 aromatic rings. The van der Waals surface area contributed by atoms with Crippen LogP contribution in [0.15, 0.2) is 81.5 Å². The molecule has 2 heterocycles. The number of esters is 4. The fourth-order valence-electron chi connectivity index (χ4n) is 8.31. The van der Waals surface area contributed by atoms with Gasteiger partial charge in [0, 0.05) is 13.1 Å². The Morgan fingerprint density at radius 3 is 1.17 bits per heavy atom. The number of hydrogen-bond acceptors (Lipinski definition) is 22. The van der Waals surface area contributed by atoms with Gasteiger partial charge in [-0.3, -0.25) is 9.59 Å². The summed E-state index contributed by atoms with van der Waals surface area (Å²) in [5.74, 6) is -13.2. The first-order valence-corrected chi connectivity index (χ1v) is 25.5. The van der Waals surface area contributed by atoms with Crippen molar-refractivity contribution in [2.75, 3.05) is 80.2 Å². The van der Waals surface area contributed by atoms with Gasteiger partial charge in [-0.1, -0.05) is 47.5 Å². The molecule has 0 bridgehead atoms. The minimum atomic E-state index is -5.08. The fraction of sp³-hybridized carbons (Fsp3) is 0.500. The number of nitrogens with two attached hydrogens (primary N) is 2. The van der Waals surface area contributed by atoms with Gasteiger partial charge >= 0.3 is 36.2 Å². The summed E-state index contributed by atoms with van der Waals surface area (Å²) in [5.41, 5.74) is 2.31. The zero-order chi connectivity index (χ0) is 61.6. The number of carbonyl (C=O) groups excluding carboxylic acids is 6. The van der Waals surface area contributed by atoms with E-state index in [0.29, 0.717) is 22.3 Å². The second kappa shape index (κ2) is 30.5. The van der Waals surface area contributed by atoms with E-state index in [-0.39, 0.29) is 52.7 Å². The van der Waals surface area contributed by atoms with Crippen molar-refractivity contribution in [1.82, 2.24) is 10.1 Å². The molecule has 2 aliphatic heterocycles.